The first-order valence-electron chi connectivity index (χ1n) is 11.0. The number of nitrogens with one attached hydrogen (secondary N) is 2. The van der Waals surface area contributed by atoms with Crippen LogP contribution < -0.4 is 10.2 Å². The van der Waals surface area contributed by atoms with E-state index in [1.165, 1.54) is 11.4 Å². The van der Waals surface area contributed by atoms with Crippen LogP contribution in [0.4, 0.5) is 5.69 Å². The molecule has 6 heteroatoms. The van der Waals surface area contributed by atoms with Crippen molar-refractivity contribution in [1.82, 2.24) is 15.2 Å². The highest BCUT2D eigenvalue weighted by molar-refractivity contribution is 5.99. The van der Waals surface area contributed by atoms with Gasteiger partial charge in [0.25, 0.3) is 5.91 Å². The van der Waals surface area contributed by atoms with Gasteiger partial charge in [-0.3, -0.25) is 9.59 Å². The Morgan fingerprint density at radius 3 is 2.52 bits per heavy atom. The Morgan fingerprint density at radius 1 is 1.10 bits per heavy atom. The molecule has 0 radical (unpaired) electrons. The normalized spacial score (nSPS) is 13.2. The number of rotatable bonds is 6. The van der Waals surface area contributed by atoms with Crippen molar-refractivity contribution in [3.8, 4) is 0 Å². The Balaban J connectivity index is 1.47. The summed E-state index contributed by atoms with van der Waals surface area (Å²) in [5.74, 6) is -0.00943. The van der Waals surface area contributed by atoms with Crippen molar-refractivity contribution < 1.29 is 9.59 Å². The minimum absolute atomic E-state index is 0.0842. The SMILES string of the molecule is CCN(CC)c1ccc(CNC(=O)c2ccc3[nH]c4c(c3c2)CN(C(C)=O)CC4)cc1. The summed E-state index contributed by atoms with van der Waals surface area (Å²) >= 11 is 0. The highest BCUT2D eigenvalue weighted by atomic mass is 16.2. The maximum Gasteiger partial charge on any atom is 0.251 e. The van der Waals surface area contributed by atoms with E-state index >= 15 is 0 Å². The van der Waals surface area contributed by atoms with Crippen molar-refractivity contribution in [2.45, 2.75) is 40.3 Å². The number of H-pyrrole nitrogens is 1. The van der Waals surface area contributed by atoms with E-state index in [4.69, 9.17) is 0 Å². The minimum Gasteiger partial charge on any atom is -0.372 e. The molecule has 2 aromatic carbocycles. The molecular formula is C25H30N4O2. The van der Waals surface area contributed by atoms with Gasteiger partial charge in [-0.05, 0) is 49.7 Å². The van der Waals surface area contributed by atoms with Crippen LogP contribution in [0.3, 0.4) is 0 Å². The van der Waals surface area contributed by atoms with Gasteiger partial charge in [0, 0.05) is 79.5 Å². The van der Waals surface area contributed by atoms with Crippen molar-refractivity contribution in [2.24, 2.45) is 0 Å². The van der Waals surface area contributed by atoms with Crippen LogP contribution in [0.1, 0.15) is 48.0 Å². The van der Waals surface area contributed by atoms with Crippen LogP contribution in [0.2, 0.25) is 0 Å². The third-order valence-electron chi connectivity index (χ3n) is 6.20. The molecule has 0 aliphatic carbocycles. The van der Waals surface area contributed by atoms with Crippen molar-refractivity contribution in [2.75, 3.05) is 24.5 Å². The summed E-state index contributed by atoms with van der Waals surface area (Å²) in [6.45, 7) is 9.65. The van der Waals surface area contributed by atoms with Crippen LogP contribution in [0.15, 0.2) is 42.5 Å². The van der Waals surface area contributed by atoms with Gasteiger partial charge in [0.2, 0.25) is 5.91 Å². The zero-order valence-corrected chi connectivity index (χ0v) is 18.5. The van der Waals surface area contributed by atoms with Gasteiger partial charge in [0.05, 0.1) is 0 Å². The monoisotopic (exact) mass is 418 g/mol. The molecule has 1 aromatic heterocycles. The molecule has 31 heavy (non-hydrogen) atoms. The lowest BCUT2D eigenvalue weighted by molar-refractivity contribution is -0.129. The maximum atomic E-state index is 12.8. The summed E-state index contributed by atoms with van der Waals surface area (Å²) in [6.07, 6.45) is 0.814. The number of benzene rings is 2. The van der Waals surface area contributed by atoms with Gasteiger partial charge >= 0.3 is 0 Å². The second-order valence-electron chi connectivity index (χ2n) is 8.05. The average molecular weight is 419 g/mol. The Kier molecular flexibility index (Phi) is 5.98. The van der Waals surface area contributed by atoms with Gasteiger partial charge in [-0.25, -0.2) is 0 Å². The van der Waals surface area contributed by atoms with Gasteiger partial charge in [-0.1, -0.05) is 12.1 Å². The number of nitrogens with zero attached hydrogens (tertiary/aromatic N) is 2. The number of hydrogen-bond donors (Lipinski definition) is 2. The molecule has 0 unspecified atom stereocenters. The van der Waals surface area contributed by atoms with E-state index in [-0.39, 0.29) is 11.8 Å². The third kappa shape index (κ3) is 4.29. The van der Waals surface area contributed by atoms with E-state index in [0.29, 0.717) is 18.7 Å². The largest absolute Gasteiger partial charge is 0.372 e. The Bertz CT molecular complexity index is 1100. The number of aromatic nitrogens is 1. The highest BCUT2D eigenvalue weighted by Crippen LogP contribution is 2.28. The van der Waals surface area contributed by atoms with Crippen molar-refractivity contribution in [1.29, 1.82) is 0 Å². The molecule has 4 rings (SSSR count). The topological polar surface area (TPSA) is 68.4 Å². The summed E-state index contributed by atoms with van der Waals surface area (Å²) < 4.78 is 0. The average Bonchev–Trinajstić information content (AvgIpc) is 3.16. The smallest absolute Gasteiger partial charge is 0.251 e. The molecule has 162 valence electrons. The van der Waals surface area contributed by atoms with E-state index in [9.17, 15) is 9.59 Å². The lowest BCUT2D eigenvalue weighted by Crippen LogP contribution is -2.33. The molecule has 0 bridgehead atoms. The first-order valence-corrected chi connectivity index (χ1v) is 11.0. The second-order valence-corrected chi connectivity index (χ2v) is 8.05. The van der Waals surface area contributed by atoms with E-state index < -0.39 is 0 Å². The molecular weight excluding hydrogens is 388 g/mol. The van der Waals surface area contributed by atoms with E-state index in [0.717, 1.165) is 48.1 Å². The molecule has 2 amide bonds. The molecule has 1 aliphatic heterocycles. The zero-order chi connectivity index (χ0) is 22.0. The fourth-order valence-corrected chi connectivity index (χ4v) is 4.32. The molecule has 2 N–H and O–H groups in total. The van der Waals surface area contributed by atoms with Gasteiger partial charge < -0.3 is 20.1 Å². The van der Waals surface area contributed by atoms with Crippen LogP contribution >= 0.6 is 0 Å². The molecule has 0 saturated carbocycles. The summed E-state index contributed by atoms with van der Waals surface area (Å²) in [4.78, 5) is 32.2. The molecule has 6 nitrogen and oxygen atoms in total. The fourth-order valence-electron chi connectivity index (χ4n) is 4.32. The first kappa shape index (κ1) is 21.0. The zero-order valence-electron chi connectivity index (χ0n) is 18.5. The number of anilines is 1. The quantitative estimate of drug-likeness (QED) is 0.639. The molecule has 3 aromatic rings. The van der Waals surface area contributed by atoms with Crippen molar-refractivity contribution in [3.05, 3.63) is 64.8 Å². The predicted molar refractivity (Wildman–Crippen MR) is 124 cm³/mol. The Morgan fingerprint density at radius 2 is 1.84 bits per heavy atom. The third-order valence-corrected chi connectivity index (χ3v) is 6.20. The van der Waals surface area contributed by atoms with E-state index in [2.05, 4.69) is 53.3 Å². The molecule has 0 atom stereocenters. The van der Waals surface area contributed by atoms with E-state index in [1.54, 1.807) is 6.92 Å². The minimum atomic E-state index is -0.0936. The number of hydrogen-bond acceptors (Lipinski definition) is 3. The van der Waals surface area contributed by atoms with Crippen molar-refractivity contribution in [3.63, 3.8) is 0 Å². The van der Waals surface area contributed by atoms with Crippen LogP contribution in [0.5, 0.6) is 0 Å². The first-order chi connectivity index (χ1) is 15.0. The van der Waals surface area contributed by atoms with Crippen LogP contribution in [-0.2, 0) is 24.3 Å². The number of carbonyl (C=O) groups is 2. The maximum absolute atomic E-state index is 12.8. The number of amides is 2. The molecule has 2 heterocycles. The van der Waals surface area contributed by atoms with Crippen LogP contribution in [0.25, 0.3) is 10.9 Å². The molecule has 0 saturated heterocycles. The lowest BCUT2D eigenvalue weighted by atomic mass is 10.0. The van der Waals surface area contributed by atoms with Gasteiger partial charge in [-0.15, -0.1) is 0 Å². The summed E-state index contributed by atoms with van der Waals surface area (Å²) in [7, 11) is 0. The van der Waals surface area contributed by atoms with Gasteiger partial charge in [0.15, 0.2) is 0 Å². The molecule has 1 aliphatic rings. The Hall–Kier alpha value is -3.28. The highest BCUT2D eigenvalue weighted by Gasteiger charge is 2.22. The summed E-state index contributed by atoms with van der Waals surface area (Å²) in [5.41, 5.74) is 6.20. The predicted octanol–water partition coefficient (Wildman–Crippen LogP) is 3.85. The standard InChI is InChI=1S/C25H30N4O2/c1-4-28(5-2)20-9-6-18(7-10-20)15-26-25(31)19-8-11-23-21(14-19)22-16-29(17(3)30)13-12-24(22)27-23/h6-11,14,27H,4-5,12-13,15-16H2,1-3H3,(H,26,31). The Labute approximate surface area is 183 Å². The number of fused-ring (bicyclic) bond motifs is 3. The summed E-state index contributed by atoms with van der Waals surface area (Å²) in [5, 5.41) is 4.05. The number of aromatic amines is 1. The van der Waals surface area contributed by atoms with Crippen LogP contribution in [-0.4, -0.2) is 41.3 Å². The van der Waals surface area contributed by atoms with Crippen LogP contribution in [0, 0.1) is 0 Å². The fraction of sp³-hybridized carbons (Fsp3) is 0.360. The molecule has 0 spiro atoms. The van der Waals surface area contributed by atoms with Crippen molar-refractivity contribution >= 4 is 28.4 Å². The van der Waals surface area contributed by atoms with Gasteiger partial charge in [-0.2, -0.15) is 0 Å². The summed E-state index contributed by atoms with van der Waals surface area (Å²) in [6, 6.07) is 14.1. The van der Waals surface area contributed by atoms with Gasteiger partial charge in [0.1, 0.15) is 0 Å². The molecule has 0 fully saturated rings. The second kappa shape index (κ2) is 8.84. The van der Waals surface area contributed by atoms with E-state index in [1.807, 2.05) is 23.1 Å². The lowest BCUT2D eigenvalue weighted by Gasteiger charge is -2.26. The number of carbonyl (C=O) groups excluding carboxylic acids is 2.